The topological polar surface area (TPSA) is 23.5 Å². The number of benzene rings is 1. The van der Waals surface area contributed by atoms with Gasteiger partial charge in [-0.1, -0.05) is 25.3 Å². The van der Waals surface area contributed by atoms with Gasteiger partial charge in [-0.15, -0.1) is 0 Å². The third-order valence-corrected chi connectivity index (χ3v) is 3.87. The van der Waals surface area contributed by atoms with Crippen molar-refractivity contribution in [1.82, 2.24) is 0 Å². The molecule has 0 aliphatic heterocycles. The number of phenolic OH excluding ortho intramolecular Hbond substituents is 1. The number of hydrogen-bond acceptors (Lipinski definition) is 2. The van der Waals surface area contributed by atoms with Crippen molar-refractivity contribution in [2.45, 2.75) is 44.9 Å². The molecule has 2 rings (SSSR count). The van der Waals surface area contributed by atoms with E-state index in [9.17, 15) is 5.11 Å². The van der Waals surface area contributed by atoms with Crippen LogP contribution < -0.4 is 4.90 Å². The van der Waals surface area contributed by atoms with Crippen LogP contribution in [-0.4, -0.2) is 19.2 Å². The van der Waals surface area contributed by atoms with Crippen LogP contribution in [0.1, 0.15) is 49.1 Å². The molecule has 0 saturated heterocycles. The number of hydrogen-bond donors (Lipinski definition) is 1. The van der Waals surface area contributed by atoms with Gasteiger partial charge >= 0.3 is 0 Å². The monoisotopic (exact) mass is 233 g/mol. The van der Waals surface area contributed by atoms with Gasteiger partial charge in [-0.25, -0.2) is 0 Å². The molecule has 0 spiro atoms. The van der Waals surface area contributed by atoms with Crippen LogP contribution >= 0.6 is 0 Å². The molecule has 0 radical (unpaired) electrons. The van der Waals surface area contributed by atoms with Gasteiger partial charge in [0.15, 0.2) is 0 Å². The van der Waals surface area contributed by atoms with Crippen LogP contribution in [0.4, 0.5) is 5.69 Å². The summed E-state index contributed by atoms with van der Waals surface area (Å²) in [5.74, 6) is 1.05. The second-order valence-electron chi connectivity index (χ2n) is 5.39. The van der Waals surface area contributed by atoms with Gasteiger partial charge in [-0.2, -0.15) is 0 Å². The molecular weight excluding hydrogens is 210 g/mol. The molecule has 1 N–H and O–H groups in total. The van der Waals surface area contributed by atoms with Crippen molar-refractivity contribution in [2.24, 2.45) is 0 Å². The molecule has 2 nitrogen and oxygen atoms in total. The zero-order valence-corrected chi connectivity index (χ0v) is 11.2. The Morgan fingerprint density at radius 3 is 2.35 bits per heavy atom. The molecule has 1 aromatic carbocycles. The van der Waals surface area contributed by atoms with E-state index in [1.54, 1.807) is 0 Å². The molecule has 0 heterocycles. The van der Waals surface area contributed by atoms with Gasteiger partial charge in [0.25, 0.3) is 0 Å². The number of nitrogens with zero attached hydrogens (tertiary/aromatic N) is 1. The lowest BCUT2D eigenvalue weighted by Crippen LogP contribution is -2.16. The predicted molar refractivity (Wildman–Crippen MR) is 73.0 cm³/mol. The van der Waals surface area contributed by atoms with Crippen molar-refractivity contribution in [3.63, 3.8) is 0 Å². The summed E-state index contributed by atoms with van der Waals surface area (Å²) in [5.41, 5.74) is 3.71. The molecule has 2 heteroatoms. The normalized spacial score (nSPS) is 17.1. The smallest absolute Gasteiger partial charge is 0.139 e. The van der Waals surface area contributed by atoms with Gasteiger partial charge in [0, 0.05) is 14.1 Å². The minimum Gasteiger partial charge on any atom is -0.506 e. The first-order chi connectivity index (χ1) is 8.11. The van der Waals surface area contributed by atoms with E-state index in [4.69, 9.17) is 0 Å². The molecule has 94 valence electrons. The molecule has 1 aromatic rings. The first kappa shape index (κ1) is 12.3. The first-order valence-electron chi connectivity index (χ1n) is 6.61. The lowest BCUT2D eigenvalue weighted by atomic mass is 9.81. The van der Waals surface area contributed by atoms with Gasteiger partial charge in [0.1, 0.15) is 5.75 Å². The Kier molecular flexibility index (Phi) is 3.60. The fraction of sp³-hybridized carbons (Fsp3) is 0.600. The summed E-state index contributed by atoms with van der Waals surface area (Å²) in [4.78, 5) is 2.05. The number of aryl methyl sites for hydroxylation is 1. The Hall–Kier alpha value is -1.18. The van der Waals surface area contributed by atoms with Gasteiger partial charge in [-0.3, -0.25) is 0 Å². The minimum absolute atomic E-state index is 0.418. The van der Waals surface area contributed by atoms with E-state index >= 15 is 0 Å². The Balaban J connectivity index is 2.45. The van der Waals surface area contributed by atoms with Crippen molar-refractivity contribution in [3.05, 3.63) is 23.3 Å². The fourth-order valence-electron chi connectivity index (χ4n) is 3.07. The van der Waals surface area contributed by atoms with E-state index in [1.165, 1.54) is 43.2 Å². The van der Waals surface area contributed by atoms with Crippen LogP contribution in [0.25, 0.3) is 0 Å². The van der Waals surface area contributed by atoms with Gasteiger partial charge in [0.2, 0.25) is 0 Å². The first-order valence-corrected chi connectivity index (χ1v) is 6.61. The van der Waals surface area contributed by atoms with E-state index < -0.39 is 0 Å². The van der Waals surface area contributed by atoms with Crippen LogP contribution in [0.15, 0.2) is 12.1 Å². The van der Waals surface area contributed by atoms with E-state index in [0.29, 0.717) is 11.7 Å². The Labute approximate surface area is 104 Å². The number of rotatable bonds is 2. The summed E-state index contributed by atoms with van der Waals surface area (Å²) in [6.07, 6.45) is 6.56. The molecule has 0 aromatic heterocycles. The van der Waals surface area contributed by atoms with Crippen LogP contribution in [0, 0.1) is 6.92 Å². The summed E-state index contributed by atoms with van der Waals surface area (Å²) in [7, 11) is 4.03. The third kappa shape index (κ3) is 2.41. The standard InChI is InChI=1S/C15H23NO/c1-11-9-10-13(17)15(16(2)3)14(11)12-7-5-4-6-8-12/h9-10,12,17H,4-8H2,1-3H3. The van der Waals surface area contributed by atoms with Crippen LogP contribution in [0.5, 0.6) is 5.75 Å². The number of anilines is 1. The van der Waals surface area contributed by atoms with Crippen LogP contribution in [0.3, 0.4) is 0 Å². The van der Waals surface area contributed by atoms with Gasteiger partial charge in [-0.05, 0) is 42.9 Å². The van der Waals surface area contributed by atoms with Gasteiger partial charge < -0.3 is 10.0 Å². The highest BCUT2D eigenvalue weighted by Gasteiger charge is 2.23. The maximum Gasteiger partial charge on any atom is 0.139 e. The summed E-state index contributed by atoms with van der Waals surface area (Å²) in [5, 5.41) is 10.1. The molecular formula is C15H23NO. The molecule has 0 bridgehead atoms. The summed E-state index contributed by atoms with van der Waals surface area (Å²) in [6, 6.07) is 3.86. The largest absolute Gasteiger partial charge is 0.506 e. The fourth-order valence-corrected chi connectivity index (χ4v) is 3.07. The Morgan fingerprint density at radius 2 is 1.76 bits per heavy atom. The van der Waals surface area contributed by atoms with Crippen molar-refractivity contribution < 1.29 is 5.11 Å². The molecule has 0 amide bonds. The maximum absolute atomic E-state index is 10.1. The van der Waals surface area contributed by atoms with Crippen molar-refractivity contribution >= 4 is 5.69 Å². The number of aromatic hydroxyl groups is 1. The lowest BCUT2D eigenvalue weighted by Gasteiger charge is -2.29. The van der Waals surface area contributed by atoms with Crippen molar-refractivity contribution in [2.75, 3.05) is 19.0 Å². The van der Waals surface area contributed by atoms with E-state index in [-0.39, 0.29) is 0 Å². The minimum atomic E-state index is 0.418. The molecule has 17 heavy (non-hydrogen) atoms. The average molecular weight is 233 g/mol. The maximum atomic E-state index is 10.1. The molecule has 1 aliphatic carbocycles. The lowest BCUT2D eigenvalue weighted by molar-refractivity contribution is 0.437. The number of phenols is 1. The summed E-state index contributed by atoms with van der Waals surface area (Å²) in [6.45, 7) is 2.16. The van der Waals surface area contributed by atoms with Crippen molar-refractivity contribution in [1.29, 1.82) is 0 Å². The van der Waals surface area contributed by atoms with E-state index in [0.717, 1.165) is 5.69 Å². The van der Waals surface area contributed by atoms with E-state index in [2.05, 4.69) is 6.92 Å². The third-order valence-electron chi connectivity index (χ3n) is 3.87. The summed E-state index contributed by atoms with van der Waals surface area (Å²) >= 11 is 0. The molecule has 0 unspecified atom stereocenters. The predicted octanol–water partition coefficient (Wildman–Crippen LogP) is 3.81. The zero-order valence-electron chi connectivity index (χ0n) is 11.2. The average Bonchev–Trinajstić information content (AvgIpc) is 2.32. The SMILES string of the molecule is Cc1ccc(O)c(N(C)C)c1C1CCCCC1. The van der Waals surface area contributed by atoms with Gasteiger partial charge in [0.05, 0.1) is 5.69 Å². The quantitative estimate of drug-likeness (QED) is 0.839. The van der Waals surface area contributed by atoms with Crippen molar-refractivity contribution in [3.8, 4) is 5.75 Å². The Bertz CT molecular complexity index is 392. The second kappa shape index (κ2) is 4.99. The molecule has 1 fully saturated rings. The Morgan fingerprint density at radius 1 is 1.12 bits per heavy atom. The highest BCUT2D eigenvalue weighted by molar-refractivity contribution is 5.66. The molecule has 0 atom stereocenters. The molecule has 1 aliphatic rings. The summed E-state index contributed by atoms with van der Waals surface area (Å²) < 4.78 is 0. The zero-order chi connectivity index (χ0) is 12.4. The van der Waals surface area contributed by atoms with E-state index in [1.807, 2.05) is 31.1 Å². The highest BCUT2D eigenvalue weighted by atomic mass is 16.3. The van der Waals surface area contributed by atoms with Crippen LogP contribution in [-0.2, 0) is 0 Å². The second-order valence-corrected chi connectivity index (χ2v) is 5.39. The van der Waals surface area contributed by atoms with Crippen LogP contribution in [0.2, 0.25) is 0 Å². The highest BCUT2D eigenvalue weighted by Crippen LogP contribution is 2.42. The molecule has 1 saturated carbocycles.